The Morgan fingerprint density at radius 3 is 2.71 bits per heavy atom. The van der Waals surface area contributed by atoms with Crippen LogP contribution in [0.5, 0.6) is 0 Å². The zero-order valence-corrected chi connectivity index (χ0v) is 15.3. The van der Waals surface area contributed by atoms with E-state index >= 15 is 0 Å². The van der Waals surface area contributed by atoms with Crippen molar-refractivity contribution in [2.45, 2.75) is 6.92 Å². The van der Waals surface area contributed by atoms with Crippen molar-refractivity contribution in [3.8, 4) is 11.1 Å². The lowest BCUT2D eigenvalue weighted by atomic mass is 9.99. The average Bonchev–Trinajstić information content (AvgIpc) is 3.27. The maximum absolute atomic E-state index is 13.7. The molecule has 0 aliphatic heterocycles. The number of carbonyl (C=O) groups is 2. The molecule has 0 unspecified atom stereocenters. The molecular weight excluding hydrogens is 383 g/mol. The van der Waals surface area contributed by atoms with Crippen molar-refractivity contribution in [2.75, 3.05) is 5.32 Å². The summed E-state index contributed by atoms with van der Waals surface area (Å²) in [6.07, 6.45) is 0. The van der Waals surface area contributed by atoms with Gasteiger partial charge in [0.2, 0.25) is 0 Å². The molecule has 0 aliphatic rings. The highest BCUT2D eigenvalue weighted by Crippen LogP contribution is 2.37. The van der Waals surface area contributed by atoms with Crippen LogP contribution in [0.25, 0.3) is 22.2 Å². The van der Waals surface area contributed by atoms with E-state index in [4.69, 9.17) is 4.42 Å². The van der Waals surface area contributed by atoms with Gasteiger partial charge in [0.15, 0.2) is 5.58 Å². The van der Waals surface area contributed by atoms with Crippen molar-refractivity contribution in [1.82, 2.24) is 4.98 Å². The Hall–Kier alpha value is -3.52. The predicted octanol–water partition coefficient (Wildman–Crippen LogP) is 4.95. The number of anilines is 1. The molecule has 2 aromatic carbocycles. The van der Waals surface area contributed by atoms with E-state index in [0.29, 0.717) is 22.2 Å². The molecule has 0 spiro atoms. The number of aryl methyl sites for hydroxylation is 1. The van der Waals surface area contributed by atoms with E-state index in [1.165, 1.54) is 12.1 Å². The summed E-state index contributed by atoms with van der Waals surface area (Å²) in [5, 5.41) is 13.9. The van der Waals surface area contributed by atoms with Crippen molar-refractivity contribution in [3.63, 3.8) is 0 Å². The summed E-state index contributed by atoms with van der Waals surface area (Å²) in [6, 6.07) is 11.1. The lowest BCUT2D eigenvalue weighted by Gasteiger charge is -2.07. The summed E-state index contributed by atoms with van der Waals surface area (Å²) < 4.78 is 19.1. The van der Waals surface area contributed by atoms with Gasteiger partial charge in [0.1, 0.15) is 21.9 Å². The first-order valence-corrected chi connectivity index (χ1v) is 9.10. The third kappa shape index (κ3) is 3.14. The number of carboxylic acids is 1. The summed E-state index contributed by atoms with van der Waals surface area (Å²) in [5.41, 5.74) is 2.38. The number of hydrogen-bond acceptors (Lipinski definition) is 5. The third-order valence-electron chi connectivity index (χ3n) is 4.21. The van der Waals surface area contributed by atoms with E-state index in [1.54, 1.807) is 42.6 Å². The number of amides is 1. The van der Waals surface area contributed by atoms with Crippen LogP contribution < -0.4 is 5.32 Å². The molecule has 0 aliphatic carbocycles. The Balaban J connectivity index is 1.72. The van der Waals surface area contributed by atoms with Crippen LogP contribution in [0.1, 0.15) is 26.6 Å². The van der Waals surface area contributed by atoms with E-state index in [-0.39, 0.29) is 16.5 Å². The molecular formula is C20H13FN2O4S. The van der Waals surface area contributed by atoms with Crippen molar-refractivity contribution in [1.29, 1.82) is 0 Å². The predicted molar refractivity (Wildman–Crippen MR) is 103 cm³/mol. The van der Waals surface area contributed by atoms with Crippen LogP contribution in [0.4, 0.5) is 9.39 Å². The second-order valence-electron chi connectivity index (χ2n) is 6.06. The largest absolute Gasteiger partial charge is 0.478 e. The summed E-state index contributed by atoms with van der Waals surface area (Å²) in [7, 11) is 0. The lowest BCUT2D eigenvalue weighted by Crippen LogP contribution is -2.14. The Kier molecular flexibility index (Phi) is 4.40. The molecule has 0 bridgehead atoms. The van der Waals surface area contributed by atoms with Gasteiger partial charge >= 0.3 is 11.9 Å². The van der Waals surface area contributed by atoms with Crippen LogP contribution >= 0.6 is 11.3 Å². The van der Waals surface area contributed by atoms with Gasteiger partial charge in [-0.2, -0.15) is 0 Å². The number of para-hydroxylation sites is 2. The number of halogens is 1. The van der Waals surface area contributed by atoms with Gasteiger partial charge in [0, 0.05) is 10.9 Å². The number of benzene rings is 2. The van der Waals surface area contributed by atoms with E-state index in [9.17, 15) is 19.1 Å². The number of rotatable bonds is 4. The second kappa shape index (κ2) is 6.90. The SMILES string of the molecule is Cc1ccc(F)cc1-c1csc(NC(=O)c2nc3ccccc3o2)c1C(=O)O. The zero-order chi connectivity index (χ0) is 19.8. The molecule has 2 heterocycles. The number of carbonyl (C=O) groups excluding carboxylic acids is 1. The third-order valence-corrected chi connectivity index (χ3v) is 5.11. The van der Waals surface area contributed by atoms with E-state index < -0.39 is 17.7 Å². The standard InChI is InChI=1S/C20H13FN2O4S/c1-10-6-7-11(21)8-12(10)13-9-28-19(16(13)20(25)26)23-17(24)18-22-14-4-2-3-5-15(14)27-18/h2-9H,1H3,(H,23,24)(H,25,26). The minimum Gasteiger partial charge on any atom is -0.478 e. The molecule has 6 nitrogen and oxygen atoms in total. The Labute approximate surface area is 162 Å². The van der Waals surface area contributed by atoms with E-state index in [1.807, 2.05) is 0 Å². The van der Waals surface area contributed by atoms with Crippen LogP contribution in [-0.2, 0) is 0 Å². The molecule has 0 saturated carbocycles. The lowest BCUT2D eigenvalue weighted by molar-refractivity contribution is 0.0699. The number of nitrogens with zero attached hydrogens (tertiary/aromatic N) is 1. The minimum atomic E-state index is -1.23. The van der Waals surface area contributed by atoms with E-state index in [2.05, 4.69) is 10.3 Å². The molecule has 0 fully saturated rings. The van der Waals surface area contributed by atoms with Crippen molar-refractivity contribution < 1.29 is 23.5 Å². The fraction of sp³-hybridized carbons (Fsp3) is 0.0500. The number of fused-ring (bicyclic) bond motifs is 1. The molecule has 140 valence electrons. The fourth-order valence-electron chi connectivity index (χ4n) is 2.87. The molecule has 1 amide bonds. The van der Waals surface area contributed by atoms with Gasteiger partial charge in [-0.3, -0.25) is 4.79 Å². The number of aromatic carboxylic acids is 1. The maximum atomic E-state index is 13.7. The van der Waals surface area contributed by atoms with Gasteiger partial charge in [-0.1, -0.05) is 18.2 Å². The van der Waals surface area contributed by atoms with Crippen molar-refractivity contribution >= 4 is 39.3 Å². The van der Waals surface area contributed by atoms with Crippen LogP contribution in [0.2, 0.25) is 0 Å². The van der Waals surface area contributed by atoms with Crippen LogP contribution in [-0.4, -0.2) is 22.0 Å². The van der Waals surface area contributed by atoms with Gasteiger partial charge in [-0.05, 0) is 42.3 Å². The first-order valence-electron chi connectivity index (χ1n) is 8.22. The molecule has 0 atom stereocenters. The van der Waals surface area contributed by atoms with Crippen molar-refractivity contribution in [3.05, 3.63) is 70.7 Å². The second-order valence-corrected chi connectivity index (χ2v) is 6.94. The number of carboxylic acid groups (broad SMARTS) is 1. The van der Waals surface area contributed by atoms with Gasteiger partial charge in [-0.25, -0.2) is 14.2 Å². The van der Waals surface area contributed by atoms with Gasteiger partial charge < -0.3 is 14.8 Å². The van der Waals surface area contributed by atoms with Crippen molar-refractivity contribution in [2.24, 2.45) is 0 Å². The molecule has 4 aromatic rings. The number of thiophene rings is 1. The quantitative estimate of drug-likeness (QED) is 0.509. The number of nitrogens with one attached hydrogen (secondary N) is 1. The summed E-state index contributed by atoms with van der Waals surface area (Å²) in [4.78, 5) is 28.5. The zero-order valence-electron chi connectivity index (χ0n) is 14.5. The van der Waals surface area contributed by atoms with E-state index in [0.717, 1.165) is 16.9 Å². The Morgan fingerprint density at radius 2 is 1.96 bits per heavy atom. The number of aromatic nitrogens is 1. The monoisotopic (exact) mass is 396 g/mol. The van der Waals surface area contributed by atoms with Crippen LogP contribution in [0.3, 0.4) is 0 Å². The highest BCUT2D eigenvalue weighted by Gasteiger charge is 2.24. The van der Waals surface area contributed by atoms with Crippen LogP contribution in [0, 0.1) is 12.7 Å². The number of oxazole rings is 1. The molecule has 0 saturated heterocycles. The number of hydrogen-bond donors (Lipinski definition) is 2. The fourth-order valence-corrected chi connectivity index (χ4v) is 3.82. The molecule has 2 N–H and O–H groups in total. The summed E-state index contributed by atoms with van der Waals surface area (Å²) in [6.45, 7) is 1.76. The molecule has 0 radical (unpaired) electrons. The normalized spacial score (nSPS) is 10.9. The van der Waals surface area contributed by atoms with Gasteiger partial charge in [-0.15, -0.1) is 11.3 Å². The molecule has 2 aromatic heterocycles. The Morgan fingerprint density at radius 1 is 1.18 bits per heavy atom. The van der Waals surface area contributed by atoms with Gasteiger partial charge in [0.25, 0.3) is 5.89 Å². The van der Waals surface area contributed by atoms with Crippen LogP contribution in [0.15, 0.2) is 52.3 Å². The minimum absolute atomic E-state index is 0.108. The highest BCUT2D eigenvalue weighted by atomic mass is 32.1. The smallest absolute Gasteiger partial charge is 0.339 e. The molecule has 8 heteroatoms. The summed E-state index contributed by atoms with van der Waals surface area (Å²) in [5.74, 6) is -2.54. The Bertz CT molecular complexity index is 1200. The molecule has 4 rings (SSSR count). The highest BCUT2D eigenvalue weighted by molar-refractivity contribution is 7.15. The van der Waals surface area contributed by atoms with Gasteiger partial charge in [0.05, 0.1) is 0 Å². The maximum Gasteiger partial charge on any atom is 0.339 e. The average molecular weight is 396 g/mol. The molecule has 28 heavy (non-hydrogen) atoms. The topological polar surface area (TPSA) is 92.4 Å². The first-order chi connectivity index (χ1) is 13.4. The summed E-state index contributed by atoms with van der Waals surface area (Å²) >= 11 is 1.04. The first kappa shape index (κ1) is 17.9.